The van der Waals surface area contributed by atoms with E-state index in [-0.39, 0.29) is 5.54 Å². The average molecular weight is 245 g/mol. The first-order chi connectivity index (χ1) is 8.47. The Kier molecular flexibility index (Phi) is 3.58. The van der Waals surface area contributed by atoms with Gasteiger partial charge in [0.2, 0.25) is 0 Å². The molecule has 1 aromatic rings. The van der Waals surface area contributed by atoms with Gasteiger partial charge in [0, 0.05) is 5.56 Å². The van der Waals surface area contributed by atoms with Crippen LogP contribution in [-0.4, -0.2) is 30.3 Å². The molecule has 0 radical (unpaired) electrons. The summed E-state index contributed by atoms with van der Waals surface area (Å²) in [6.45, 7) is 4.08. The summed E-state index contributed by atoms with van der Waals surface area (Å²) >= 11 is 0. The lowest BCUT2D eigenvalue weighted by Gasteiger charge is -2.35. The predicted molar refractivity (Wildman–Crippen MR) is 75.1 cm³/mol. The lowest BCUT2D eigenvalue weighted by atomic mass is 9.84. The second-order valence-electron chi connectivity index (χ2n) is 5.78. The molecule has 2 heteroatoms. The van der Waals surface area contributed by atoms with Gasteiger partial charge in [-0.1, -0.05) is 30.5 Å². The Morgan fingerprint density at radius 1 is 1.17 bits per heavy atom. The number of Topliss-reactive ketones (excluding diaryl/α,β-unsaturated/α-hetero) is 1. The van der Waals surface area contributed by atoms with Crippen LogP contribution in [-0.2, 0) is 0 Å². The van der Waals surface area contributed by atoms with Crippen LogP contribution in [0, 0.1) is 13.8 Å². The fraction of sp³-hybridized carbons (Fsp3) is 0.562. The molecule has 0 aromatic heterocycles. The third kappa shape index (κ3) is 2.10. The van der Waals surface area contributed by atoms with Gasteiger partial charge in [-0.05, 0) is 52.4 Å². The second kappa shape index (κ2) is 4.85. The van der Waals surface area contributed by atoms with E-state index >= 15 is 0 Å². The topological polar surface area (TPSA) is 20.3 Å². The van der Waals surface area contributed by atoms with Crippen molar-refractivity contribution in [2.75, 3.05) is 14.1 Å². The Labute approximate surface area is 110 Å². The van der Waals surface area contributed by atoms with Crippen LogP contribution in [0.3, 0.4) is 0 Å². The standard InChI is InChI=1S/C16H23NO/c1-12-7-8-13(2)14(11-12)15(18)16(17(3)4)9-5-6-10-16/h7-8,11H,5-6,9-10H2,1-4H3. The molecule has 1 aromatic carbocycles. The van der Waals surface area contributed by atoms with E-state index in [0.717, 1.165) is 42.4 Å². The number of ketones is 1. The van der Waals surface area contributed by atoms with E-state index in [9.17, 15) is 4.79 Å². The van der Waals surface area contributed by atoms with Gasteiger partial charge in [0.1, 0.15) is 0 Å². The highest BCUT2D eigenvalue weighted by Crippen LogP contribution is 2.37. The van der Waals surface area contributed by atoms with Crippen LogP contribution in [0.2, 0.25) is 0 Å². The van der Waals surface area contributed by atoms with Crippen molar-refractivity contribution in [2.24, 2.45) is 0 Å². The van der Waals surface area contributed by atoms with Crippen LogP contribution < -0.4 is 0 Å². The van der Waals surface area contributed by atoms with Crippen molar-refractivity contribution in [1.82, 2.24) is 4.90 Å². The molecule has 1 aliphatic carbocycles. The van der Waals surface area contributed by atoms with Crippen LogP contribution >= 0.6 is 0 Å². The van der Waals surface area contributed by atoms with Crippen molar-refractivity contribution in [2.45, 2.75) is 45.1 Å². The number of hydrogen-bond donors (Lipinski definition) is 0. The summed E-state index contributed by atoms with van der Waals surface area (Å²) in [6, 6.07) is 6.17. The molecule has 98 valence electrons. The number of benzene rings is 1. The summed E-state index contributed by atoms with van der Waals surface area (Å²) in [5.74, 6) is 0.311. The van der Waals surface area contributed by atoms with Crippen LogP contribution in [0.5, 0.6) is 0 Å². The molecule has 2 rings (SSSR count). The van der Waals surface area contributed by atoms with Gasteiger partial charge in [-0.2, -0.15) is 0 Å². The first-order valence-corrected chi connectivity index (χ1v) is 6.77. The van der Waals surface area contributed by atoms with E-state index in [0.29, 0.717) is 5.78 Å². The number of aryl methyl sites for hydroxylation is 2. The highest BCUT2D eigenvalue weighted by Gasteiger charge is 2.43. The maximum Gasteiger partial charge on any atom is 0.183 e. The Morgan fingerprint density at radius 2 is 1.78 bits per heavy atom. The third-order valence-electron chi connectivity index (χ3n) is 4.35. The normalized spacial score (nSPS) is 18.3. The Hall–Kier alpha value is -1.15. The van der Waals surface area contributed by atoms with Gasteiger partial charge >= 0.3 is 0 Å². The number of nitrogens with zero attached hydrogens (tertiary/aromatic N) is 1. The SMILES string of the molecule is Cc1ccc(C)c(C(=O)C2(N(C)C)CCCC2)c1. The summed E-state index contributed by atoms with van der Waals surface area (Å²) in [5.41, 5.74) is 2.90. The minimum absolute atomic E-state index is 0.265. The Bertz CT molecular complexity index is 456. The lowest BCUT2D eigenvalue weighted by molar-refractivity contribution is 0.0692. The summed E-state index contributed by atoms with van der Waals surface area (Å²) in [7, 11) is 4.07. The molecule has 0 bridgehead atoms. The molecule has 0 unspecified atom stereocenters. The van der Waals surface area contributed by atoms with Crippen molar-refractivity contribution >= 4 is 5.78 Å². The fourth-order valence-electron chi connectivity index (χ4n) is 3.07. The van der Waals surface area contributed by atoms with Crippen molar-refractivity contribution in [1.29, 1.82) is 0 Å². The number of carbonyl (C=O) groups is 1. The largest absolute Gasteiger partial charge is 0.297 e. The van der Waals surface area contributed by atoms with E-state index in [1.807, 2.05) is 34.0 Å². The van der Waals surface area contributed by atoms with E-state index in [1.54, 1.807) is 0 Å². The minimum atomic E-state index is -0.265. The maximum atomic E-state index is 12.9. The van der Waals surface area contributed by atoms with Crippen LogP contribution in [0.15, 0.2) is 18.2 Å². The summed E-state index contributed by atoms with van der Waals surface area (Å²) in [4.78, 5) is 15.1. The van der Waals surface area contributed by atoms with Gasteiger partial charge in [0.05, 0.1) is 5.54 Å². The van der Waals surface area contributed by atoms with Crippen molar-refractivity contribution in [3.05, 3.63) is 34.9 Å². The minimum Gasteiger partial charge on any atom is -0.297 e. The van der Waals surface area contributed by atoms with Gasteiger partial charge in [-0.15, -0.1) is 0 Å². The molecule has 0 aliphatic heterocycles. The first kappa shape index (κ1) is 13.3. The number of hydrogen-bond acceptors (Lipinski definition) is 2. The van der Waals surface area contributed by atoms with Gasteiger partial charge in [-0.25, -0.2) is 0 Å². The van der Waals surface area contributed by atoms with E-state index in [1.165, 1.54) is 0 Å². The Morgan fingerprint density at radius 3 is 2.33 bits per heavy atom. The molecule has 0 N–H and O–H groups in total. The molecule has 0 atom stereocenters. The zero-order valence-electron chi connectivity index (χ0n) is 11.9. The Balaban J connectivity index is 2.43. The van der Waals surface area contributed by atoms with Gasteiger partial charge < -0.3 is 0 Å². The molecular formula is C16H23NO. The smallest absolute Gasteiger partial charge is 0.183 e. The first-order valence-electron chi connectivity index (χ1n) is 6.77. The van der Waals surface area contributed by atoms with Crippen molar-refractivity contribution < 1.29 is 4.79 Å². The molecular weight excluding hydrogens is 222 g/mol. The second-order valence-corrected chi connectivity index (χ2v) is 5.78. The molecule has 0 amide bonds. The zero-order chi connectivity index (χ0) is 13.3. The molecule has 0 saturated heterocycles. The maximum absolute atomic E-state index is 12.9. The van der Waals surface area contributed by atoms with Crippen LogP contribution in [0.4, 0.5) is 0 Å². The van der Waals surface area contributed by atoms with Gasteiger partial charge in [0.25, 0.3) is 0 Å². The average Bonchev–Trinajstić information content (AvgIpc) is 2.82. The molecule has 1 saturated carbocycles. The van der Waals surface area contributed by atoms with Crippen LogP contribution in [0.1, 0.15) is 47.2 Å². The van der Waals surface area contributed by atoms with Gasteiger partial charge in [-0.3, -0.25) is 9.69 Å². The molecule has 18 heavy (non-hydrogen) atoms. The van der Waals surface area contributed by atoms with Gasteiger partial charge in [0.15, 0.2) is 5.78 Å². The number of rotatable bonds is 3. The lowest BCUT2D eigenvalue weighted by Crippen LogP contribution is -2.49. The highest BCUT2D eigenvalue weighted by atomic mass is 16.1. The van der Waals surface area contributed by atoms with Crippen molar-refractivity contribution in [3.63, 3.8) is 0 Å². The molecule has 1 fully saturated rings. The van der Waals surface area contributed by atoms with E-state index in [2.05, 4.69) is 17.0 Å². The molecule has 2 nitrogen and oxygen atoms in total. The predicted octanol–water partition coefficient (Wildman–Crippen LogP) is 3.36. The third-order valence-corrected chi connectivity index (χ3v) is 4.35. The summed E-state index contributed by atoms with van der Waals surface area (Å²) < 4.78 is 0. The van der Waals surface area contributed by atoms with Crippen molar-refractivity contribution in [3.8, 4) is 0 Å². The molecule has 1 aliphatic rings. The van der Waals surface area contributed by atoms with E-state index < -0.39 is 0 Å². The number of likely N-dealkylation sites (N-methyl/N-ethyl adjacent to an activating group) is 1. The highest BCUT2D eigenvalue weighted by molar-refractivity contribution is 6.04. The number of carbonyl (C=O) groups excluding carboxylic acids is 1. The van der Waals surface area contributed by atoms with Crippen LogP contribution in [0.25, 0.3) is 0 Å². The zero-order valence-corrected chi connectivity index (χ0v) is 11.9. The quantitative estimate of drug-likeness (QED) is 0.761. The van der Waals surface area contributed by atoms with E-state index in [4.69, 9.17) is 0 Å². The molecule has 0 heterocycles. The monoisotopic (exact) mass is 245 g/mol. The fourth-order valence-corrected chi connectivity index (χ4v) is 3.07. The summed E-state index contributed by atoms with van der Waals surface area (Å²) in [6.07, 6.45) is 4.31. The molecule has 0 spiro atoms. The summed E-state index contributed by atoms with van der Waals surface area (Å²) in [5, 5.41) is 0.